The molecule has 2 fully saturated rings. The number of nitrogens with zero attached hydrogens (tertiary/aromatic N) is 2. The number of ether oxygens (including phenoxy) is 2. The monoisotopic (exact) mass is 498 g/mol. The number of aryl methyl sites for hydroxylation is 1. The third-order valence-corrected chi connectivity index (χ3v) is 7.07. The Labute approximate surface area is 216 Å². The van der Waals surface area contributed by atoms with Crippen molar-refractivity contribution in [1.29, 1.82) is 0 Å². The van der Waals surface area contributed by atoms with Crippen LogP contribution in [0.15, 0.2) is 72.3 Å². The number of Topliss-reactive ketones (excluding diaryl/α,β-unsaturated/α-hetero) is 1. The zero-order chi connectivity index (χ0) is 26.1. The van der Waals surface area contributed by atoms with Crippen molar-refractivity contribution in [3.05, 3.63) is 89.0 Å². The molecule has 190 valence electrons. The van der Waals surface area contributed by atoms with Gasteiger partial charge in [-0.15, -0.1) is 0 Å². The van der Waals surface area contributed by atoms with E-state index < -0.39 is 17.7 Å². The van der Waals surface area contributed by atoms with E-state index in [9.17, 15) is 14.7 Å². The van der Waals surface area contributed by atoms with E-state index in [0.29, 0.717) is 22.7 Å². The van der Waals surface area contributed by atoms with Gasteiger partial charge in [-0.2, -0.15) is 0 Å². The van der Waals surface area contributed by atoms with E-state index in [1.165, 1.54) is 32.0 Å². The first-order valence-corrected chi connectivity index (χ1v) is 12.4. The normalized spacial score (nSPS) is 18.9. The van der Waals surface area contributed by atoms with E-state index in [2.05, 4.69) is 4.90 Å². The van der Waals surface area contributed by atoms with Crippen LogP contribution in [0.1, 0.15) is 35.6 Å². The molecule has 1 atom stereocenters. The average Bonchev–Trinajstić information content (AvgIpc) is 3.55. The van der Waals surface area contributed by atoms with Gasteiger partial charge in [0.25, 0.3) is 11.7 Å². The van der Waals surface area contributed by atoms with Crippen LogP contribution in [0.25, 0.3) is 5.76 Å². The van der Waals surface area contributed by atoms with Gasteiger partial charge in [-0.1, -0.05) is 29.8 Å². The topological polar surface area (TPSA) is 79.3 Å². The van der Waals surface area contributed by atoms with Crippen LogP contribution in [0.5, 0.6) is 11.5 Å². The first kappa shape index (κ1) is 24.4. The summed E-state index contributed by atoms with van der Waals surface area (Å²) in [5.41, 5.74) is 3.72. The fourth-order valence-electron chi connectivity index (χ4n) is 5.19. The number of carbonyl (C=O) groups is 2. The Balaban J connectivity index is 1.65. The molecule has 5 rings (SSSR count). The number of amides is 1. The minimum Gasteiger partial charge on any atom is -0.507 e. The molecule has 1 amide bonds. The lowest BCUT2D eigenvalue weighted by Crippen LogP contribution is -2.29. The molecule has 2 heterocycles. The standard InChI is InChI=1S/C30H30N2O5/c1-19-7-6-8-20(17-19)27-26(28(33)24-14-13-23(36-2)18-25(24)37-3)29(34)30(35)32(27)22-11-9-21(10-12-22)31-15-4-5-16-31/h6-14,17-18,27,33H,4-5,15-16H2,1-3H3/b28-26-. The Hall–Kier alpha value is -4.26. The fraction of sp³-hybridized carbons (Fsp3) is 0.267. The molecule has 7 nitrogen and oxygen atoms in total. The van der Waals surface area contributed by atoms with Crippen LogP contribution < -0.4 is 19.3 Å². The highest BCUT2D eigenvalue weighted by Gasteiger charge is 2.47. The Morgan fingerprint density at radius 3 is 2.24 bits per heavy atom. The van der Waals surface area contributed by atoms with Gasteiger partial charge >= 0.3 is 0 Å². The summed E-state index contributed by atoms with van der Waals surface area (Å²) in [6, 6.07) is 19.5. The maximum absolute atomic E-state index is 13.5. The molecule has 2 aliphatic rings. The van der Waals surface area contributed by atoms with Crippen molar-refractivity contribution in [2.24, 2.45) is 0 Å². The van der Waals surface area contributed by atoms with E-state index in [0.717, 1.165) is 29.9 Å². The van der Waals surface area contributed by atoms with Crippen molar-refractivity contribution in [3.63, 3.8) is 0 Å². The minimum atomic E-state index is -0.802. The highest BCUT2D eigenvalue weighted by Crippen LogP contribution is 2.44. The number of rotatable bonds is 6. The molecule has 2 aliphatic heterocycles. The summed E-state index contributed by atoms with van der Waals surface area (Å²) >= 11 is 0. The van der Waals surface area contributed by atoms with Crippen LogP contribution >= 0.6 is 0 Å². The van der Waals surface area contributed by atoms with Crippen molar-refractivity contribution >= 4 is 28.8 Å². The molecule has 37 heavy (non-hydrogen) atoms. The molecule has 2 saturated heterocycles. The van der Waals surface area contributed by atoms with Gasteiger partial charge in [-0.25, -0.2) is 0 Å². The molecule has 1 N–H and O–H groups in total. The number of carbonyl (C=O) groups excluding carboxylic acids is 2. The van der Waals surface area contributed by atoms with Crippen molar-refractivity contribution in [3.8, 4) is 11.5 Å². The SMILES string of the molecule is COc1ccc(/C(O)=C2/C(=O)C(=O)N(c3ccc(N4CCCC4)cc3)C2c2cccc(C)c2)c(OC)c1. The summed E-state index contributed by atoms with van der Waals surface area (Å²) in [7, 11) is 3.01. The quantitative estimate of drug-likeness (QED) is 0.285. The number of benzene rings is 3. The second-order valence-electron chi connectivity index (χ2n) is 9.36. The van der Waals surface area contributed by atoms with Crippen LogP contribution in [-0.2, 0) is 9.59 Å². The average molecular weight is 499 g/mol. The van der Waals surface area contributed by atoms with Gasteiger partial charge < -0.3 is 19.5 Å². The van der Waals surface area contributed by atoms with Crippen LogP contribution in [0.2, 0.25) is 0 Å². The van der Waals surface area contributed by atoms with Gasteiger partial charge in [-0.05, 0) is 61.7 Å². The van der Waals surface area contributed by atoms with Gasteiger partial charge in [0, 0.05) is 30.5 Å². The van der Waals surface area contributed by atoms with Gasteiger partial charge in [0.05, 0.1) is 31.4 Å². The van der Waals surface area contributed by atoms with E-state index in [4.69, 9.17) is 9.47 Å². The van der Waals surface area contributed by atoms with Crippen LogP contribution in [0, 0.1) is 6.92 Å². The molecule has 0 bridgehead atoms. The number of ketones is 1. The molecule has 7 heteroatoms. The highest BCUT2D eigenvalue weighted by atomic mass is 16.5. The summed E-state index contributed by atoms with van der Waals surface area (Å²) in [4.78, 5) is 30.8. The largest absolute Gasteiger partial charge is 0.507 e. The molecule has 0 saturated carbocycles. The summed E-state index contributed by atoms with van der Waals surface area (Å²) in [6.45, 7) is 3.97. The second kappa shape index (κ2) is 10.0. The van der Waals surface area contributed by atoms with Crippen LogP contribution in [0.4, 0.5) is 11.4 Å². The number of anilines is 2. The molecular weight excluding hydrogens is 468 g/mol. The third kappa shape index (κ3) is 4.42. The smallest absolute Gasteiger partial charge is 0.300 e. The van der Waals surface area contributed by atoms with Crippen LogP contribution in [-0.4, -0.2) is 44.1 Å². The van der Waals surface area contributed by atoms with Gasteiger partial charge in [0.2, 0.25) is 0 Å². The predicted octanol–water partition coefficient (Wildman–Crippen LogP) is 5.24. The molecule has 3 aromatic carbocycles. The molecular formula is C30H30N2O5. The molecule has 1 unspecified atom stereocenters. The highest BCUT2D eigenvalue weighted by molar-refractivity contribution is 6.51. The van der Waals surface area contributed by atoms with E-state index in [1.807, 2.05) is 55.5 Å². The van der Waals surface area contributed by atoms with Gasteiger partial charge in [-0.3, -0.25) is 14.5 Å². The summed E-state index contributed by atoms with van der Waals surface area (Å²) < 4.78 is 10.7. The minimum absolute atomic E-state index is 0.0164. The number of hydrogen-bond acceptors (Lipinski definition) is 6. The fourth-order valence-corrected chi connectivity index (χ4v) is 5.19. The van der Waals surface area contributed by atoms with Gasteiger partial charge in [0.1, 0.15) is 17.3 Å². The Morgan fingerprint density at radius 1 is 0.892 bits per heavy atom. The van der Waals surface area contributed by atoms with E-state index >= 15 is 0 Å². The van der Waals surface area contributed by atoms with E-state index in [-0.39, 0.29) is 11.3 Å². The number of aliphatic hydroxyl groups is 1. The third-order valence-electron chi connectivity index (χ3n) is 7.07. The van der Waals surface area contributed by atoms with Crippen molar-refractivity contribution in [2.45, 2.75) is 25.8 Å². The molecule has 0 aliphatic carbocycles. The number of methoxy groups -OCH3 is 2. The molecule has 3 aromatic rings. The number of aliphatic hydroxyl groups excluding tert-OH is 1. The second-order valence-corrected chi connectivity index (χ2v) is 9.36. The first-order chi connectivity index (χ1) is 17.9. The Morgan fingerprint density at radius 2 is 1.59 bits per heavy atom. The summed E-state index contributed by atoms with van der Waals surface area (Å²) in [6.07, 6.45) is 2.33. The molecule has 0 aromatic heterocycles. The maximum atomic E-state index is 13.5. The zero-order valence-corrected chi connectivity index (χ0v) is 21.2. The molecule has 0 spiro atoms. The summed E-state index contributed by atoms with van der Waals surface area (Å²) in [5, 5.41) is 11.5. The van der Waals surface area contributed by atoms with E-state index in [1.54, 1.807) is 18.2 Å². The Bertz CT molecular complexity index is 1370. The van der Waals surface area contributed by atoms with Crippen molar-refractivity contribution in [1.82, 2.24) is 0 Å². The van der Waals surface area contributed by atoms with Crippen molar-refractivity contribution in [2.75, 3.05) is 37.1 Å². The summed E-state index contributed by atoms with van der Waals surface area (Å²) in [5.74, 6) is -0.844. The lowest BCUT2D eigenvalue weighted by Gasteiger charge is -2.26. The predicted molar refractivity (Wildman–Crippen MR) is 143 cm³/mol. The zero-order valence-electron chi connectivity index (χ0n) is 21.2. The van der Waals surface area contributed by atoms with Crippen LogP contribution in [0.3, 0.4) is 0 Å². The lowest BCUT2D eigenvalue weighted by molar-refractivity contribution is -0.132. The lowest BCUT2D eigenvalue weighted by atomic mass is 9.94. The first-order valence-electron chi connectivity index (χ1n) is 12.4. The maximum Gasteiger partial charge on any atom is 0.300 e. The Kier molecular flexibility index (Phi) is 6.61. The van der Waals surface area contributed by atoms with Gasteiger partial charge in [0.15, 0.2) is 0 Å². The number of hydrogen-bond donors (Lipinski definition) is 1. The van der Waals surface area contributed by atoms with Crippen molar-refractivity contribution < 1.29 is 24.2 Å². The molecule has 0 radical (unpaired) electrons.